The van der Waals surface area contributed by atoms with Crippen LogP contribution in [-0.4, -0.2) is 23.8 Å². The van der Waals surface area contributed by atoms with Crippen LogP contribution in [0.15, 0.2) is 16.3 Å². The minimum Gasteiger partial charge on any atom is -0.347 e. The number of nitrogens with one attached hydrogen (secondary N) is 1. The SMILES string of the molecule is CC(=O)C1=C(C(F)(F)F)NC(Cl)N=C1. The normalized spacial score (nSPS) is 22.2. The van der Waals surface area contributed by atoms with Crippen LogP contribution in [0.5, 0.6) is 0 Å². The summed E-state index contributed by atoms with van der Waals surface area (Å²) < 4.78 is 37.0. The van der Waals surface area contributed by atoms with Crippen molar-refractivity contribution in [1.29, 1.82) is 0 Å². The van der Waals surface area contributed by atoms with Crippen molar-refractivity contribution in [3.63, 3.8) is 0 Å². The van der Waals surface area contributed by atoms with Crippen LogP contribution in [0, 0.1) is 0 Å². The summed E-state index contributed by atoms with van der Waals surface area (Å²) in [7, 11) is 0. The fourth-order valence-corrected chi connectivity index (χ4v) is 1.11. The molecule has 1 atom stereocenters. The number of hydrogen-bond acceptors (Lipinski definition) is 3. The van der Waals surface area contributed by atoms with E-state index in [-0.39, 0.29) is 0 Å². The van der Waals surface area contributed by atoms with Gasteiger partial charge in [0.15, 0.2) is 11.4 Å². The Kier molecular flexibility index (Phi) is 2.84. The van der Waals surface area contributed by atoms with Crippen molar-refractivity contribution in [3.8, 4) is 0 Å². The molecule has 0 aromatic carbocycles. The van der Waals surface area contributed by atoms with Gasteiger partial charge in [0.25, 0.3) is 0 Å². The van der Waals surface area contributed by atoms with Crippen LogP contribution in [-0.2, 0) is 4.79 Å². The lowest BCUT2D eigenvalue weighted by Gasteiger charge is -2.21. The van der Waals surface area contributed by atoms with E-state index in [1.165, 1.54) is 0 Å². The number of hydrogen-bond donors (Lipinski definition) is 1. The number of allylic oxidation sites excluding steroid dienone is 2. The van der Waals surface area contributed by atoms with Crippen molar-refractivity contribution in [1.82, 2.24) is 5.32 Å². The van der Waals surface area contributed by atoms with Gasteiger partial charge in [-0.25, -0.2) is 0 Å². The highest BCUT2D eigenvalue weighted by Crippen LogP contribution is 2.28. The highest BCUT2D eigenvalue weighted by atomic mass is 35.5. The second-order valence-corrected chi connectivity index (χ2v) is 3.01. The highest BCUT2D eigenvalue weighted by molar-refractivity contribution is 6.22. The molecule has 1 aliphatic heterocycles. The lowest BCUT2D eigenvalue weighted by molar-refractivity contribution is -0.115. The van der Waals surface area contributed by atoms with Crippen molar-refractivity contribution >= 4 is 23.6 Å². The summed E-state index contributed by atoms with van der Waals surface area (Å²) in [5.41, 5.74) is -2.83. The molecule has 0 spiro atoms. The maximum absolute atomic E-state index is 12.3. The van der Waals surface area contributed by atoms with Crippen LogP contribution < -0.4 is 5.32 Å². The molecule has 0 aromatic heterocycles. The number of halogens is 4. The van der Waals surface area contributed by atoms with Crippen LogP contribution in [0.2, 0.25) is 0 Å². The van der Waals surface area contributed by atoms with E-state index in [0.29, 0.717) is 0 Å². The largest absolute Gasteiger partial charge is 0.431 e. The van der Waals surface area contributed by atoms with Gasteiger partial charge in [-0.2, -0.15) is 13.2 Å². The van der Waals surface area contributed by atoms with Crippen LogP contribution in [0.3, 0.4) is 0 Å². The molecular weight excluding hydrogens is 221 g/mol. The highest BCUT2D eigenvalue weighted by Gasteiger charge is 2.39. The van der Waals surface area contributed by atoms with Crippen molar-refractivity contribution < 1.29 is 18.0 Å². The van der Waals surface area contributed by atoms with Gasteiger partial charge in [0.05, 0.1) is 5.57 Å². The Morgan fingerprint density at radius 2 is 2.21 bits per heavy atom. The summed E-state index contributed by atoms with van der Waals surface area (Å²) in [5.74, 6) is -0.711. The first-order chi connectivity index (χ1) is 6.32. The van der Waals surface area contributed by atoms with Crippen LogP contribution in [0.25, 0.3) is 0 Å². The summed E-state index contributed by atoms with van der Waals surface area (Å²) in [6, 6.07) is 0. The van der Waals surface area contributed by atoms with Gasteiger partial charge in [0.2, 0.25) is 0 Å². The zero-order valence-corrected chi connectivity index (χ0v) is 7.78. The number of aliphatic imine (C=N–C) groups is 1. The van der Waals surface area contributed by atoms with Gasteiger partial charge in [-0.3, -0.25) is 9.79 Å². The summed E-state index contributed by atoms with van der Waals surface area (Å²) in [6.45, 7) is 1.03. The molecule has 1 heterocycles. The molecule has 0 aliphatic carbocycles. The molecule has 0 bridgehead atoms. The first-order valence-corrected chi connectivity index (χ1v) is 4.02. The summed E-state index contributed by atoms with van der Waals surface area (Å²) >= 11 is 5.33. The van der Waals surface area contributed by atoms with Crippen molar-refractivity contribution in [2.75, 3.05) is 0 Å². The third-order valence-corrected chi connectivity index (χ3v) is 1.75. The molecule has 3 nitrogen and oxygen atoms in total. The van der Waals surface area contributed by atoms with Gasteiger partial charge in [-0.1, -0.05) is 11.6 Å². The number of alkyl halides is 4. The fourth-order valence-electron chi connectivity index (χ4n) is 0.940. The van der Waals surface area contributed by atoms with Gasteiger partial charge >= 0.3 is 6.18 Å². The second kappa shape index (κ2) is 3.61. The predicted octanol–water partition coefficient (Wildman–Crippen LogP) is 1.59. The van der Waals surface area contributed by atoms with E-state index in [4.69, 9.17) is 11.6 Å². The molecule has 1 N–H and O–H groups in total. The van der Waals surface area contributed by atoms with Crippen LogP contribution >= 0.6 is 11.6 Å². The molecule has 1 rings (SSSR count). The first-order valence-electron chi connectivity index (χ1n) is 3.58. The van der Waals surface area contributed by atoms with E-state index in [2.05, 4.69) is 4.99 Å². The van der Waals surface area contributed by atoms with E-state index < -0.39 is 28.9 Å². The third kappa shape index (κ3) is 2.25. The zero-order chi connectivity index (χ0) is 10.9. The molecule has 0 aromatic rings. The number of carbonyl (C=O) groups excluding carboxylic acids is 1. The van der Waals surface area contributed by atoms with Crippen molar-refractivity contribution in [2.45, 2.75) is 18.7 Å². The zero-order valence-electron chi connectivity index (χ0n) is 7.02. The molecule has 0 fully saturated rings. The molecule has 7 heteroatoms. The standard InChI is InChI=1S/C7H6ClF3N2O/c1-3(14)4-2-12-6(8)13-5(4)7(9,10)11/h2,6,13H,1H3. The number of rotatable bonds is 1. The number of nitrogens with zero attached hydrogens (tertiary/aromatic N) is 1. The first kappa shape index (κ1) is 11.0. The summed E-state index contributed by atoms with van der Waals surface area (Å²) in [4.78, 5) is 14.3. The van der Waals surface area contributed by atoms with Gasteiger partial charge in [0.1, 0.15) is 5.70 Å². The fraction of sp³-hybridized carbons (Fsp3) is 0.429. The number of Topliss-reactive ketones (excluding diaryl/α,β-unsaturated/α-hetero) is 1. The Labute approximate surface area is 82.6 Å². The van der Waals surface area contributed by atoms with Gasteiger partial charge in [0, 0.05) is 6.21 Å². The van der Waals surface area contributed by atoms with E-state index >= 15 is 0 Å². The Bertz CT molecular complexity index is 321. The smallest absolute Gasteiger partial charge is 0.347 e. The summed E-state index contributed by atoms with van der Waals surface area (Å²) in [5, 5.41) is 1.89. The Hall–Kier alpha value is -1.04. The lowest BCUT2D eigenvalue weighted by atomic mass is 10.1. The number of ketones is 1. The molecule has 1 aliphatic rings. The summed E-state index contributed by atoms with van der Waals surface area (Å²) in [6.07, 6.45) is -3.79. The second-order valence-electron chi connectivity index (χ2n) is 2.60. The molecular formula is C7H6ClF3N2O. The Morgan fingerprint density at radius 1 is 1.64 bits per heavy atom. The maximum Gasteiger partial charge on any atom is 0.431 e. The van der Waals surface area contributed by atoms with E-state index in [1.54, 1.807) is 0 Å². The molecule has 0 saturated heterocycles. The Balaban J connectivity index is 3.15. The molecule has 14 heavy (non-hydrogen) atoms. The Morgan fingerprint density at radius 3 is 2.64 bits per heavy atom. The van der Waals surface area contributed by atoms with Crippen molar-refractivity contribution in [3.05, 3.63) is 11.3 Å². The molecule has 0 saturated carbocycles. The third-order valence-electron chi connectivity index (χ3n) is 1.53. The van der Waals surface area contributed by atoms with E-state index in [9.17, 15) is 18.0 Å². The van der Waals surface area contributed by atoms with Crippen LogP contribution in [0.1, 0.15) is 6.92 Å². The average molecular weight is 227 g/mol. The van der Waals surface area contributed by atoms with Gasteiger partial charge in [-0.15, -0.1) is 0 Å². The van der Waals surface area contributed by atoms with E-state index in [0.717, 1.165) is 13.1 Å². The van der Waals surface area contributed by atoms with Crippen molar-refractivity contribution in [2.24, 2.45) is 4.99 Å². The maximum atomic E-state index is 12.3. The van der Waals surface area contributed by atoms with E-state index in [1.807, 2.05) is 5.32 Å². The molecule has 0 radical (unpaired) electrons. The minimum absolute atomic E-state index is 0.505. The lowest BCUT2D eigenvalue weighted by Crippen LogP contribution is -2.36. The molecule has 1 unspecified atom stereocenters. The van der Waals surface area contributed by atoms with Gasteiger partial charge < -0.3 is 5.32 Å². The van der Waals surface area contributed by atoms with Gasteiger partial charge in [-0.05, 0) is 6.92 Å². The monoisotopic (exact) mass is 226 g/mol. The predicted molar refractivity (Wildman–Crippen MR) is 45.0 cm³/mol. The minimum atomic E-state index is -4.62. The molecule has 0 amide bonds. The average Bonchev–Trinajstić information content (AvgIpc) is 2.01. The van der Waals surface area contributed by atoms with Crippen LogP contribution in [0.4, 0.5) is 13.2 Å². The quantitative estimate of drug-likeness (QED) is 0.545. The number of carbonyl (C=O) groups is 1. The molecule has 78 valence electrons. The topological polar surface area (TPSA) is 41.5 Å².